The largest absolute Gasteiger partial charge is 0.396 e. The third-order valence-corrected chi connectivity index (χ3v) is 4.11. The summed E-state index contributed by atoms with van der Waals surface area (Å²) in [6, 6.07) is 3.03. The highest BCUT2D eigenvalue weighted by atomic mass is 16.3. The average Bonchev–Trinajstić information content (AvgIpc) is 3.04. The lowest BCUT2D eigenvalue weighted by molar-refractivity contribution is 0.206. The van der Waals surface area contributed by atoms with Crippen molar-refractivity contribution in [2.45, 2.75) is 58.2 Å². The number of aliphatic hydroxyl groups is 1. The number of rotatable bonds is 6. The Balaban J connectivity index is 1.83. The Kier molecular flexibility index (Phi) is 4.78. The molecule has 1 aromatic rings. The summed E-state index contributed by atoms with van der Waals surface area (Å²) in [4.78, 5) is 0. The smallest absolute Gasteiger partial charge is 0.0762 e. The van der Waals surface area contributed by atoms with E-state index in [0.717, 1.165) is 12.2 Å². The zero-order chi connectivity index (χ0) is 13.0. The maximum absolute atomic E-state index is 9.09. The highest BCUT2D eigenvalue weighted by Crippen LogP contribution is 2.28. The summed E-state index contributed by atoms with van der Waals surface area (Å²) in [7, 11) is 0. The molecule has 2 N–H and O–H groups in total. The highest BCUT2D eigenvalue weighted by molar-refractivity contribution is 5.00. The minimum Gasteiger partial charge on any atom is -0.396 e. The normalized spacial score (nSPS) is 20.2. The summed E-state index contributed by atoms with van der Waals surface area (Å²) in [6.45, 7) is 5.17. The predicted octanol–water partition coefficient (Wildman–Crippen LogP) is 2.10. The summed E-state index contributed by atoms with van der Waals surface area (Å²) in [6.07, 6.45) is 7.32. The molecular formula is C14H25N3O. The van der Waals surface area contributed by atoms with Gasteiger partial charge in [0.15, 0.2) is 0 Å². The van der Waals surface area contributed by atoms with Gasteiger partial charge in [0.05, 0.1) is 11.7 Å². The first kappa shape index (κ1) is 13.6. The second kappa shape index (κ2) is 6.34. The van der Waals surface area contributed by atoms with E-state index in [-0.39, 0.29) is 12.5 Å². The molecule has 1 aliphatic rings. The van der Waals surface area contributed by atoms with E-state index in [0.29, 0.717) is 12.1 Å². The third kappa shape index (κ3) is 3.33. The van der Waals surface area contributed by atoms with Gasteiger partial charge in [-0.3, -0.25) is 4.68 Å². The van der Waals surface area contributed by atoms with E-state index < -0.39 is 0 Å². The Morgan fingerprint density at radius 1 is 1.44 bits per heavy atom. The van der Waals surface area contributed by atoms with Crippen LogP contribution in [0.2, 0.25) is 0 Å². The Morgan fingerprint density at radius 3 is 2.83 bits per heavy atom. The monoisotopic (exact) mass is 251 g/mol. The standard InChI is InChI=1S/C14H25N3O/c1-11(10-18)12(2)15-9-13-7-8-17(16-13)14-5-3-4-6-14/h7-8,11-12,14-15,18H,3-6,9-10H2,1-2H3. The molecule has 0 amide bonds. The zero-order valence-corrected chi connectivity index (χ0v) is 11.5. The SMILES string of the molecule is CC(CO)C(C)NCc1ccn(C2CCCC2)n1. The topological polar surface area (TPSA) is 50.1 Å². The molecule has 1 heterocycles. The van der Waals surface area contributed by atoms with Gasteiger partial charge in [0, 0.05) is 25.4 Å². The van der Waals surface area contributed by atoms with Crippen LogP contribution in [-0.2, 0) is 6.54 Å². The summed E-state index contributed by atoms with van der Waals surface area (Å²) in [5, 5.41) is 17.1. The number of nitrogens with one attached hydrogen (secondary N) is 1. The summed E-state index contributed by atoms with van der Waals surface area (Å²) < 4.78 is 2.13. The molecule has 0 saturated heterocycles. The fourth-order valence-electron chi connectivity index (χ4n) is 2.47. The summed E-state index contributed by atoms with van der Waals surface area (Å²) >= 11 is 0. The van der Waals surface area contributed by atoms with E-state index in [1.807, 2.05) is 0 Å². The fraction of sp³-hybridized carbons (Fsp3) is 0.786. The molecule has 1 aliphatic carbocycles. The Morgan fingerprint density at radius 2 is 2.17 bits per heavy atom. The van der Waals surface area contributed by atoms with E-state index in [1.54, 1.807) is 0 Å². The van der Waals surface area contributed by atoms with Crippen LogP contribution in [0.1, 0.15) is 51.3 Å². The van der Waals surface area contributed by atoms with Crippen molar-refractivity contribution < 1.29 is 5.11 Å². The molecule has 2 rings (SSSR count). The molecule has 0 aliphatic heterocycles. The van der Waals surface area contributed by atoms with Gasteiger partial charge in [0.1, 0.15) is 0 Å². The third-order valence-electron chi connectivity index (χ3n) is 4.11. The first-order valence-electron chi connectivity index (χ1n) is 7.09. The molecule has 2 unspecified atom stereocenters. The van der Waals surface area contributed by atoms with Gasteiger partial charge >= 0.3 is 0 Å². The van der Waals surface area contributed by atoms with Crippen LogP contribution in [0.4, 0.5) is 0 Å². The Labute approximate surface area is 109 Å². The quantitative estimate of drug-likeness (QED) is 0.814. The van der Waals surface area contributed by atoms with E-state index in [1.165, 1.54) is 25.7 Å². The van der Waals surface area contributed by atoms with Gasteiger partial charge < -0.3 is 10.4 Å². The van der Waals surface area contributed by atoms with Crippen molar-refractivity contribution in [2.24, 2.45) is 5.92 Å². The first-order valence-corrected chi connectivity index (χ1v) is 7.09. The van der Waals surface area contributed by atoms with Crippen molar-refractivity contribution >= 4 is 0 Å². The lowest BCUT2D eigenvalue weighted by Crippen LogP contribution is -2.33. The zero-order valence-electron chi connectivity index (χ0n) is 11.5. The van der Waals surface area contributed by atoms with Crippen LogP contribution in [0, 0.1) is 5.92 Å². The van der Waals surface area contributed by atoms with Gasteiger partial charge in [0.25, 0.3) is 0 Å². The van der Waals surface area contributed by atoms with Gasteiger partial charge in [-0.05, 0) is 31.7 Å². The van der Waals surface area contributed by atoms with Crippen LogP contribution in [0.15, 0.2) is 12.3 Å². The molecule has 102 valence electrons. The molecule has 0 spiro atoms. The van der Waals surface area contributed by atoms with Crippen LogP contribution >= 0.6 is 0 Å². The molecule has 0 bridgehead atoms. The molecule has 0 radical (unpaired) electrons. The second-order valence-corrected chi connectivity index (χ2v) is 5.55. The second-order valence-electron chi connectivity index (χ2n) is 5.55. The van der Waals surface area contributed by atoms with Gasteiger partial charge in [-0.25, -0.2) is 0 Å². The van der Waals surface area contributed by atoms with Crippen molar-refractivity contribution in [3.8, 4) is 0 Å². The number of aromatic nitrogens is 2. The van der Waals surface area contributed by atoms with Crippen molar-refractivity contribution in [3.05, 3.63) is 18.0 Å². The summed E-state index contributed by atoms with van der Waals surface area (Å²) in [5.74, 6) is 0.280. The predicted molar refractivity (Wildman–Crippen MR) is 72.3 cm³/mol. The molecular weight excluding hydrogens is 226 g/mol. The molecule has 1 fully saturated rings. The maximum Gasteiger partial charge on any atom is 0.0762 e. The van der Waals surface area contributed by atoms with Gasteiger partial charge in [-0.1, -0.05) is 19.8 Å². The molecule has 1 aromatic heterocycles. The minimum absolute atomic E-state index is 0.227. The van der Waals surface area contributed by atoms with Crippen LogP contribution in [0.3, 0.4) is 0 Å². The number of hydrogen-bond donors (Lipinski definition) is 2. The molecule has 18 heavy (non-hydrogen) atoms. The number of hydrogen-bond acceptors (Lipinski definition) is 3. The maximum atomic E-state index is 9.09. The first-order chi connectivity index (χ1) is 8.70. The van der Waals surface area contributed by atoms with Crippen molar-refractivity contribution in [1.82, 2.24) is 15.1 Å². The van der Waals surface area contributed by atoms with Crippen LogP contribution in [-0.4, -0.2) is 27.5 Å². The van der Waals surface area contributed by atoms with Crippen molar-refractivity contribution in [2.75, 3.05) is 6.61 Å². The molecule has 1 saturated carbocycles. The minimum atomic E-state index is 0.227. The van der Waals surface area contributed by atoms with E-state index in [4.69, 9.17) is 5.11 Å². The van der Waals surface area contributed by atoms with Crippen molar-refractivity contribution in [1.29, 1.82) is 0 Å². The average molecular weight is 251 g/mol. The molecule has 4 heteroatoms. The van der Waals surface area contributed by atoms with Crippen LogP contribution in [0.25, 0.3) is 0 Å². The fourth-order valence-corrected chi connectivity index (χ4v) is 2.47. The number of aliphatic hydroxyl groups excluding tert-OH is 1. The van der Waals surface area contributed by atoms with Gasteiger partial charge in [0.2, 0.25) is 0 Å². The summed E-state index contributed by atoms with van der Waals surface area (Å²) in [5.41, 5.74) is 1.10. The lowest BCUT2D eigenvalue weighted by Gasteiger charge is -2.18. The molecule has 2 atom stereocenters. The van der Waals surface area contributed by atoms with Crippen LogP contribution < -0.4 is 5.32 Å². The van der Waals surface area contributed by atoms with Gasteiger partial charge in [-0.15, -0.1) is 0 Å². The molecule has 0 aromatic carbocycles. The Bertz CT molecular complexity index is 358. The van der Waals surface area contributed by atoms with Crippen LogP contribution in [0.5, 0.6) is 0 Å². The van der Waals surface area contributed by atoms with E-state index in [9.17, 15) is 0 Å². The highest BCUT2D eigenvalue weighted by Gasteiger charge is 2.17. The van der Waals surface area contributed by atoms with E-state index in [2.05, 4.69) is 41.2 Å². The lowest BCUT2D eigenvalue weighted by atomic mass is 10.1. The number of nitrogens with zero attached hydrogens (tertiary/aromatic N) is 2. The van der Waals surface area contributed by atoms with E-state index >= 15 is 0 Å². The van der Waals surface area contributed by atoms with Crippen molar-refractivity contribution in [3.63, 3.8) is 0 Å². The Hall–Kier alpha value is -0.870. The molecule has 4 nitrogen and oxygen atoms in total. The van der Waals surface area contributed by atoms with Gasteiger partial charge in [-0.2, -0.15) is 5.10 Å².